The number of β-amino-alcohol motifs (C(OH)–C–C–N with tert-alkyl or cyclic N) is 1. The molecule has 1 aliphatic heterocycles. The Labute approximate surface area is 194 Å². The molecule has 1 amide bonds. The highest BCUT2D eigenvalue weighted by atomic mass is 16.5. The van der Waals surface area contributed by atoms with Crippen molar-refractivity contribution in [2.75, 3.05) is 44.7 Å². The first-order chi connectivity index (χ1) is 15.9. The van der Waals surface area contributed by atoms with Gasteiger partial charge in [0.15, 0.2) is 6.61 Å². The molecule has 3 N–H and O–H groups in total. The number of nitrogens with one attached hydrogen (secondary N) is 1. The molecule has 2 atom stereocenters. The number of carboxylic acid groups (broad SMARTS) is 1. The summed E-state index contributed by atoms with van der Waals surface area (Å²) in [4.78, 5) is 27.4. The zero-order valence-electron chi connectivity index (χ0n) is 19.2. The fourth-order valence-electron chi connectivity index (χ4n) is 4.01. The van der Waals surface area contributed by atoms with E-state index in [4.69, 9.17) is 9.84 Å². The lowest BCUT2D eigenvalue weighted by atomic mass is 10.0. The Morgan fingerprint density at radius 2 is 2.00 bits per heavy atom. The number of hydrogen-bond donors (Lipinski definition) is 3. The number of carbonyl (C=O) groups excluding carboxylic acids is 1. The Hall–Kier alpha value is -3.10. The topological polar surface area (TPSA) is 102 Å². The first-order valence-corrected chi connectivity index (χ1v) is 11.3. The minimum atomic E-state index is -1.02. The van der Waals surface area contributed by atoms with Gasteiger partial charge in [0.25, 0.3) is 5.91 Å². The summed E-state index contributed by atoms with van der Waals surface area (Å²) in [7, 11) is 2.00. The Morgan fingerprint density at radius 1 is 1.24 bits per heavy atom. The van der Waals surface area contributed by atoms with Crippen molar-refractivity contribution in [2.45, 2.75) is 31.9 Å². The van der Waals surface area contributed by atoms with Gasteiger partial charge < -0.3 is 25.2 Å². The number of carbonyl (C=O) groups is 2. The fraction of sp³-hybridized carbons (Fsp3) is 0.440. The van der Waals surface area contributed by atoms with Crippen molar-refractivity contribution in [1.82, 2.24) is 10.2 Å². The summed E-state index contributed by atoms with van der Waals surface area (Å²) in [6, 6.07) is 15.0. The second-order valence-corrected chi connectivity index (χ2v) is 8.39. The molecule has 0 unspecified atom stereocenters. The van der Waals surface area contributed by atoms with Crippen LogP contribution in [0.1, 0.15) is 41.7 Å². The zero-order chi connectivity index (χ0) is 23.8. The molecule has 1 heterocycles. The molecule has 0 aromatic heterocycles. The SMILES string of the molecule is CCCNC(=O)c1ccc(N(C)C[C@H](c2cccc(OCC(=O)O)c2)N2CC[C@H](O)C2)cc1. The van der Waals surface area contributed by atoms with Gasteiger partial charge in [-0.25, -0.2) is 4.79 Å². The number of nitrogens with zero attached hydrogens (tertiary/aromatic N) is 2. The van der Waals surface area contributed by atoms with Crippen LogP contribution in [0.4, 0.5) is 5.69 Å². The van der Waals surface area contributed by atoms with Gasteiger partial charge in [0.05, 0.1) is 12.1 Å². The lowest BCUT2D eigenvalue weighted by Crippen LogP contribution is -2.36. The highest BCUT2D eigenvalue weighted by Crippen LogP contribution is 2.30. The average molecular weight is 456 g/mol. The lowest BCUT2D eigenvalue weighted by Gasteiger charge is -2.33. The fourth-order valence-corrected chi connectivity index (χ4v) is 4.01. The van der Waals surface area contributed by atoms with Crippen LogP contribution in [0.2, 0.25) is 0 Å². The molecule has 178 valence electrons. The van der Waals surface area contributed by atoms with Crippen LogP contribution in [0, 0.1) is 0 Å². The van der Waals surface area contributed by atoms with Crippen molar-refractivity contribution >= 4 is 17.6 Å². The molecule has 1 aliphatic rings. The van der Waals surface area contributed by atoms with E-state index in [0.29, 0.717) is 30.9 Å². The van der Waals surface area contributed by atoms with Gasteiger partial charge in [-0.3, -0.25) is 9.69 Å². The summed E-state index contributed by atoms with van der Waals surface area (Å²) in [5, 5.41) is 21.9. The summed E-state index contributed by atoms with van der Waals surface area (Å²) in [6.07, 6.45) is 1.25. The molecule has 1 fully saturated rings. The smallest absolute Gasteiger partial charge is 0.341 e. The molecular weight excluding hydrogens is 422 g/mol. The van der Waals surface area contributed by atoms with Crippen LogP contribution in [-0.2, 0) is 4.79 Å². The van der Waals surface area contributed by atoms with E-state index in [2.05, 4.69) is 15.1 Å². The third-order valence-electron chi connectivity index (χ3n) is 5.79. The van der Waals surface area contributed by atoms with Crippen LogP contribution in [-0.4, -0.2) is 72.9 Å². The number of likely N-dealkylation sites (tertiary alicyclic amines) is 1. The van der Waals surface area contributed by atoms with Crippen molar-refractivity contribution in [2.24, 2.45) is 0 Å². The number of aliphatic hydroxyl groups excluding tert-OH is 1. The van der Waals surface area contributed by atoms with Gasteiger partial charge >= 0.3 is 5.97 Å². The molecule has 0 radical (unpaired) electrons. The summed E-state index contributed by atoms with van der Waals surface area (Å²) in [6.45, 7) is 4.28. The molecule has 1 saturated heterocycles. The van der Waals surface area contributed by atoms with E-state index < -0.39 is 12.6 Å². The molecule has 8 nitrogen and oxygen atoms in total. The molecule has 8 heteroatoms. The van der Waals surface area contributed by atoms with Gasteiger partial charge in [0.2, 0.25) is 0 Å². The minimum Gasteiger partial charge on any atom is -0.482 e. The van der Waals surface area contributed by atoms with E-state index in [1.54, 1.807) is 6.07 Å². The number of benzene rings is 2. The van der Waals surface area contributed by atoms with Crippen molar-refractivity contribution < 1.29 is 24.5 Å². The first kappa shape index (κ1) is 24.5. The summed E-state index contributed by atoms with van der Waals surface area (Å²) in [5.41, 5.74) is 2.60. The number of hydrogen-bond acceptors (Lipinski definition) is 6. The van der Waals surface area contributed by atoms with E-state index in [1.807, 2.05) is 56.4 Å². The van der Waals surface area contributed by atoms with Crippen LogP contribution in [0.5, 0.6) is 5.75 Å². The predicted molar refractivity (Wildman–Crippen MR) is 127 cm³/mol. The van der Waals surface area contributed by atoms with Crippen molar-refractivity contribution in [3.63, 3.8) is 0 Å². The number of anilines is 1. The van der Waals surface area contributed by atoms with Crippen LogP contribution in [0.25, 0.3) is 0 Å². The minimum absolute atomic E-state index is 0.0203. The van der Waals surface area contributed by atoms with Gasteiger partial charge in [-0.05, 0) is 54.8 Å². The third kappa shape index (κ3) is 6.94. The van der Waals surface area contributed by atoms with Crippen molar-refractivity contribution in [3.05, 3.63) is 59.7 Å². The van der Waals surface area contributed by atoms with Gasteiger partial charge in [-0.15, -0.1) is 0 Å². The van der Waals surface area contributed by atoms with Crippen LogP contribution < -0.4 is 15.0 Å². The number of likely N-dealkylation sites (N-methyl/N-ethyl adjacent to an activating group) is 1. The van der Waals surface area contributed by atoms with Gasteiger partial charge in [0, 0.05) is 44.5 Å². The molecular formula is C25H33N3O5. The third-order valence-corrected chi connectivity index (χ3v) is 5.79. The number of ether oxygens (including phenoxy) is 1. The van der Waals surface area contributed by atoms with E-state index in [-0.39, 0.29) is 18.1 Å². The Morgan fingerprint density at radius 3 is 2.64 bits per heavy atom. The Kier molecular flexibility index (Phi) is 8.68. The van der Waals surface area contributed by atoms with Gasteiger partial charge in [0.1, 0.15) is 5.75 Å². The standard InChI is InChI=1S/C25H33N3O5/c1-3-12-26-25(32)18-7-9-20(10-8-18)27(2)16-23(28-13-11-21(29)15-28)19-5-4-6-22(14-19)33-17-24(30)31/h4-10,14,21,23,29H,3,11-13,15-17H2,1-2H3,(H,26,32)(H,30,31)/t21-,23+/m0/s1. The predicted octanol–water partition coefficient (Wildman–Crippen LogP) is 2.53. The Balaban J connectivity index is 1.76. The molecule has 0 spiro atoms. The molecule has 2 aromatic carbocycles. The molecule has 0 aliphatic carbocycles. The molecule has 2 aromatic rings. The molecule has 0 bridgehead atoms. The van der Waals surface area contributed by atoms with Crippen LogP contribution in [0.15, 0.2) is 48.5 Å². The number of rotatable bonds is 11. The zero-order valence-corrected chi connectivity index (χ0v) is 19.2. The van der Waals surface area contributed by atoms with Crippen molar-refractivity contribution in [3.8, 4) is 5.75 Å². The largest absolute Gasteiger partial charge is 0.482 e. The maximum absolute atomic E-state index is 12.2. The van der Waals surface area contributed by atoms with Crippen LogP contribution >= 0.6 is 0 Å². The van der Waals surface area contributed by atoms with Gasteiger partial charge in [-0.2, -0.15) is 0 Å². The normalized spacial score (nSPS) is 16.9. The second kappa shape index (κ2) is 11.7. The molecule has 33 heavy (non-hydrogen) atoms. The summed E-state index contributed by atoms with van der Waals surface area (Å²) in [5.74, 6) is -0.593. The van der Waals surface area contributed by atoms with E-state index in [9.17, 15) is 14.7 Å². The van der Waals surface area contributed by atoms with Gasteiger partial charge in [-0.1, -0.05) is 19.1 Å². The second-order valence-electron chi connectivity index (χ2n) is 8.39. The monoisotopic (exact) mass is 455 g/mol. The first-order valence-electron chi connectivity index (χ1n) is 11.3. The number of carboxylic acids is 1. The summed E-state index contributed by atoms with van der Waals surface area (Å²) >= 11 is 0. The van der Waals surface area contributed by atoms with Crippen molar-refractivity contribution in [1.29, 1.82) is 0 Å². The Bertz CT molecular complexity index is 934. The number of aliphatic hydroxyl groups is 1. The number of amides is 1. The highest BCUT2D eigenvalue weighted by Gasteiger charge is 2.29. The highest BCUT2D eigenvalue weighted by molar-refractivity contribution is 5.94. The molecule has 0 saturated carbocycles. The average Bonchev–Trinajstić information content (AvgIpc) is 3.25. The summed E-state index contributed by atoms with van der Waals surface area (Å²) < 4.78 is 5.38. The molecule has 3 rings (SSSR count). The maximum Gasteiger partial charge on any atom is 0.341 e. The lowest BCUT2D eigenvalue weighted by molar-refractivity contribution is -0.139. The quantitative estimate of drug-likeness (QED) is 0.479. The van der Waals surface area contributed by atoms with E-state index in [0.717, 1.165) is 30.6 Å². The number of aliphatic carboxylic acids is 1. The van der Waals surface area contributed by atoms with E-state index in [1.165, 1.54) is 0 Å². The van der Waals surface area contributed by atoms with E-state index >= 15 is 0 Å². The van der Waals surface area contributed by atoms with Crippen LogP contribution in [0.3, 0.4) is 0 Å². The maximum atomic E-state index is 12.2.